The average Bonchev–Trinajstić information content (AvgIpc) is 2.45. The van der Waals surface area contributed by atoms with E-state index in [0.717, 1.165) is 11.3 Å². The summed E-state index contributed by atoms with van der Waals surface area (Å²) in [5.74, 6) is 0. The van der Waals surface area contributed by atoms with Gasteiger partial charge in [0.05, 0.1) is 0 Å². The highest BCUT2D eigenvalue weighted by atomic mass is 32.1. The molecule has 1 aromatic carbocycles. The van der Waals surface area contributed by atoms with E-state index in [1.807, 2.05) is 0 Å². The van der Waals surface area contributed by atoms with Gasteiger partial charge in [0.25, 0.3) is 0 Å². The van der Waals surface area contributed by atoms with Gasteiger partial charge in [-0.2, -0.15) is 4.39 Å². The fourth-order valence-corrected chi connectivity index (χ4v) is 1.76. The molecule has 1 heterocycles. The van der Waals surface area contributed by atoms with E-state index in [2.05, 4.69) is 4.98 Å². The summed E-state index contributed by atoms with van der Waals surface area (Å²) in [6.07, 6.45) is 0. The predicted molar refractivity (Wildman–Crippen MR) is 57.3 cm³/mol. The molecule has 68 valence electrons. The van der Waals surface area contributed by atoms with Gasteiger partial charge in [-0.25, -0.2) is 4.98 Å². The Bertz CT molecular complexity index is 470. The van der Waals surface area contributed by atoms with E-state index in [9.17, 15) is 4.39 Å². The molecule has 0 aliphatic carbocycles. The molecule has 2 aromatic rings. The molecule has 0 unspecified atom stereocenters. The molecule has 2 nitrogen and oxygen atoms in total. The van der Waals surface area contributed by atoms with Crippen molar-refractivity contribution in [1.82, 2.24) is 4.98 Å². The first-order chi connectivity index (χ1) is 6.66. The van der Waals surface area contributed by atoms with Crippen molar-refractivity contribution < 1.29 is 4.39 Å². The Labute approximate surface area is 86.0 Å². The van der Waals surface area contributed by atoms with Gasteiger partial charge in [0.2, 0.25) is 5.13 Å². The largest absolute Gasteiger partial charge is 0.375 e. The van der Waals surface area contributed by atoms with Crippen LogP contribution >= 0.6 is 11.3 Å². The zero-order chi connectivity index (χ0) is 10.1. The van der Waals surface area contributed by atoms with Gasteiger partial charge in [-0.15, -0.1) is 0 Å². The molecule has 1 aromatic heterocycles. The van der Waals surface area contributed by atoms with Crippen LogP contribution < -0.4 is 11.2 Å². The number of aromatic nitrogens is 1. The molecule has 0 aliphatic heterocycles. The molecule has 0 bridgehead atoms. The summed E-state index contributed by atoms with van der Waals surface area (Å²) in [5, 5.41) is -0.159. The number of benzene rings is 1. The zero-order valence-electron chi connectivity index (χ0n) is 7.20. The van der Waals surface area contributed by atoms with Crippen molar-refractivity contribution >= 4 is 29.8 Å². The van der Waals surface area contributed by atoms with Crippen molar-refractivity contribution in [3.63, 3.8) is 0 Å². The van der Waals surface area contributed by atoms with Crippen LogP contribution in [0.15, 0.2) is 24.3 Å². The maximum Gasteiger partial charge on any atom is 0.206 e. The van der Waals surface area contributed by atoms with E-state index >= 15 is 0 Å². The van der Waals surface area contributed by atoms with Crippen LogP contribution in [0.4, 0.5) is 9.52 Å². The maximum absolute atomic E-state index is 13.3. The summed E-state index contributed by atoms with van der Waals surface area (Å²) < 4.78 is 13.3. The summed E-state index contributed by atoms with van der Waals surface area (Å²) in [6.45, 7) is 0. The highest BCUT2D eigenvalue weighted by Crippen LogP contribution is 2.26. The molecule has 0 saturated heterocycles. The first-order valence-corrected chi connectivity index (χ1v) is 4.76. The van der Waals surface area contributed by atoms with Gasteiger partial charge in [-0.05, 0) is 0 Å². The van der Waals surface area contributed by atoms with E-state index in [0.29, 0.717) is 11.0 Å². The van der Waals surface area contributed by atoms with Crippen LogP contribution in [0.5, 0.6) is 0 Å². The molecule has 0 fully saturated rings. The number of nitrogens with zero attached hydrogens (tertiary/aromatic N) is 1. The Hall–Kier alpha value is -1.36. The smallest absolute Gasteiger partial charge is 0.206 e. The number of hydrogen-bond acceptors (Lipinski definition) is 3. The molecule has 0 saturated carbocycles. The van der Waals surface area contributed by atoms with Crippen LogP contribution in [-0.2, 0) is 0 Å². The van der Waals surface area contributed by atoms with Gasteiger partial charge in [-0.1, -0.05) is 41.1 Å². The first kappa shape index (κ1) is 9.21. The maximum atomic E-state index is 13.3. The van der Waals surface area contributed by atoms with Crippen molar-refractivity contribution in [3.8, 4) is 11.3 Å². The fourth-order valence-electron chi connectivity index (χ4n) is 1.18. The number of hydrogen-bond donors (Lipinski definition) is 1. The number of nitrogen functional groups attached to an aromatic ring is 1. The van der Waals surface area contributed by atoms with Crippen molar-refractivity contribution in [2.75, 3.05) is 5.73 Å². The topological polar surface area (TPSA) is 38.9 Å². The Morgan fingerprint density at radius 1 is 1.43 bits per heavy atom. The van der Waals surface area contributed by atoms with E-state index < -0.39 is 0 Å². The third kappa shape index (κ3) is 1.63. The molecule has 0 atom stereocenters. The van der Waals surface area contributed by atoms with Crippen LogP contribution in [0.25, 0.3) is 11.3 Å². The summed E-state index contributed by atoms with van der Waals surface area (Å²) in [4.78, 5) is 3.89. The van der Waals surface area contributed by atoms with Gasteiger partial charge in [-0.3, -0.25) is 0 Å². The summed E-state index contributed by atoms with van der Waals surface area (Å²) >= 11 is 0.829. The van der Waals surface area contributed by atoms with Crippen molar-refractivity contribution in [2.24, 2.45) is 0 Å². The van der Waals surface area contributed by atoms with Gasteiger partial charge in [0.1, 0.15) is 13.5 Å². The van der Waals surface area contributed by atoms with Crippen LogP contribution in [0.2, 0.25) is 0 Å². The minimum absolute atomic E-state index is 0.222. The summed E-state index contributed by atoms with van der Waals surface area (Å²) in [5.41, 5.74) is 6.88. The second kappa shape index (κ2) is 3.42. The molecule has 14 heavy (non-hydrogen) atoms. The van der Waals surface area contributed by atoms with E-state index in [1.54, 1.807) is 24.3 Å². The lowest BCUT2D eigenvalue weighted by atomic mass is 9.94. The second-order valence-corrected chi connectivity index (χ2v) is 3.78. The molecule has 2 radical (unpaired) electrons. The van der Waals surface area contributed by atoms with E-state index in [4.69, 9.17) is 13.6 Å². The van der Waals surface area contributed by atoms with Crippen LogP contribution in [0.3, 0.4) is 0 Å². The van der Waals surface area contributed by atoms with Crippen LogP contribution in [-0.4, -0.2) is 12.8 Å². The van der Waals surface area contributed by atoms with Crippen molar-refractivity contribution in [1.29, 1.82) is 0 Å². The molecule has 2 rings (SSSR count). The first-order valence-electron chi connectivity index (χ1n) is 3.94. The van der Waals surface area contributed by atoms with Gasteiger partial charge in [0, 0.05) is 5.56 Å². The zero-order valence-corrected chi connectivity index (χ0v) is 8.01. The van der Waals surface area contributed by atoms with Gasteiger partial charge >= 0.3 is 0 Å². The average molecular weight is 204 g/mol. The molecular weight excluding hydrogens is 198 g/mol. The summed E-state index contributed by atoms with van der Waals surface area (Å²) in [7, 11) is 5.57. The van der Waals surface area contributed by atoms with Crippen molar-refractivity contribution in [2.45, 2.75) is 0 Å². The number of anilines is 1. The normalized spacial score (nSPS) is 10.4. The minimum atomic E-state index is -0.381. The highest BCUT2D eigenvalue weighted by molar-refractivity contribution is 7.14. The lowest BCUT2D eigenvalue weighted by molar-refractivity contribution is 0.657. The molecule has 0 spiro atoms. The second-order valence-electron chi connectivity index (χ2n) is 2.80. The summed E-state index contributed by atoms with van der Waals surface area (Å²) in [6, 6.07) is 6.89. The fraction of sp³-hybridized carbons (Fsp3) is 0. The Morgan fingerprint density at radius 3 is 2.79 bits per heavy atom. The van der Waals surface area contributed by atoms with Crippen LogP contribution in [0.1, 0.15) is 0 Å². The third-order valence-electron chi connectivity index (χ3n) is 1.76. The highest BCUT2D eigenvalue weighted by Gasteiger charge is 2.10. The molecule has 0 aliphatic rings. The Balaban J connectivity index is 2.54. The SMILES string of the molecule is [B]c1cccc(-c2nc(N)sc2F)c1. The van der Waals surface area contributed by atoms with E-state index in [-0.39, 0.29) is 16.0 Å². The Kier molecular flexibility index (Phi) is 2.25. The molecule has 2 N–H and O–H groups in total. The lowest BCUT2D eigenvalue weighted by Crippen LogP contribution is -2.00. The third-order valence-corrected chi connectivity index (χ3v) is 2.44. The molecule has 5 heteroatoms. The monoisotopic (exact) mass is 204 g/mol. The van der Waals surface area contributed by atoms with Crippen LogP contribution in [0, 0.1) is 5.13 Å². The molecular formula is C9H6BFN2S. The molecule has 0 amide bonds. The number of nitrogens with two attached hydrogens (primary N) is 1. The number of thiazole rings is 1. The minimum Gasteiger partial charge on any atom is -0.375 e. The van der Waals surface area contributed by atoms with Crippen molar-refractivity contribution in [3.05, 3.63) is 29.4 Å². The predicted octanol–water partition coefficient (Wildman–Crippen LogP) is 1.33. The lowest BCUT2D eigenvalue weighted by Gasteiger charge is -1.98. The Morgan fingerprint density at radius 2 is 2.21 bits per heavy atom. The number of rotatable bonds is 1. The van der Waals surface area contributed by atoms with Gasteiger partial charge in [0.15, 0.2) is 5.13 Å². The van der Waals surface area contributed by atoms with Gasteiger partial charge < -0.3 is 5.73 Å². The standard InChI is InChI=1S/C9H6BFN2S/c10-6-3-1-2-5(4-6)7-8(11)14-9(12)13-7/h1-4H,(H2,12,13). The number of halogens is 1. The quantitative estimate of drug-likeness (QED) is 0.711. The van der Waals surface area contributed by atoms with E-state index in [1.165, 1.54) is 0 Å².